The molecule has 0 N–H and O–H groups in total. The number of amides is 2. The molecule has 4 rings (SSSR count). The second-order valence-corrected chi connectivity index (χ2v) is 7.41. The van der Waals surface area contributed by atoms with E-state index in [1.807, 2.05) is 37.4 Å². The third kappa shape index (κ3) is 2.82. The molecule has 2 atom stereocenters. The van der Waals surface area contributed by atoms with Gasteiger partial charge in [0, 0.05) is 45.0 Å². The molecule has 1 aromatic heterocycles. The van der Waals surface area contributed by atoms with Crippen LogP contribution < -0.4 is 5.56 Å². The van der Waals surface area contributed by atoms with Crippen molar-refractivity contribution < 1.29 is 14.3 Å². The zero-order valence-electron chi connectivity index (χ0n) is 16.0. The Morgan fingerprint density at radius 3 is 2.61 bits per heavy atom. The number of carbonyl (C=O) groups is 2. The molecule has 0 aliphatic carbocycles. The van der Waals surface area contributed by atoms with Crippen molar-refractivity contribution in [2.45, 2.75) is 18.1 Å². The minimum atomic E-state index is -0.597. The van der Waals surface area contributed by atoms with Crippen LogP contribution in [0.25, 0.3) is 0 Å². The Kier molecular flexibility index (Phi) is 4.55. The van der Waals surface area contributed by atoms with Gasteiger partial charge in [-0.05, 0) is 18.1 Å². The maximum atomic E-state index is 13.0. The summed E-state index contributed by atoms with van der Waals surface area (Å²) in [5, 5.41) is 0. The Labute approximate surface area is 163 Å². The SMILES string of the molecule is CN1C(=O)CO[C@@H]2CN(C(=O)c3ccn(C)c(=O)c3)CC[C@]21c1ccccc1. The van der Waals surface area contributed by atoms with E-state index in [0.29, 0.717) is 25.1 Å². The van der Waals surface area contributed by atoms with E-state index in [1.54, 1.807) is 29.1 Å². The van der Waals surface area contributed by atoms with Gasteiger partial charge in [0.05, 0.1) is 5.54 Å². The van der Waals surface area contributed by atoms with Gasteiger partial charge in [-0.3, -0.25) is 14.4 Å². The topological polar surface area (TPSA) is 71.8 Å². The number of hydrogen-bond donors (Lipinski definition) is 0. The van der Waals surface area contributed by atoms with Gasteiger partial charge in [-0.15, -0.1) is 0 Å². The summed E-state index contributed by atoms with van der Waals surface area (Å²) >= 11 is 0. The molecular formula is C21H23N3O4. The van der Waals surface area contributed by atoms with Crippen LogP contribution in [0.5, 0.6) is 0 Å². The van der Waals surface area contributed by atoms with Crippen LogP contribution in [-0.4, -0.2) is 59.0 Å². The number of likely N-dealkylation sites (N-methyl/N-ethyl adjacent to an activating group) is 1. The molecule has 28 heavy (non-hydrogen) atoms. The first-order chi connectivity index (χ1) is 13.4. The molecule has 2 aromatic rings. The van der Waals surface area contributed by atoms with Crippen molar-refractivity contribution in [3.8, 4) is 0 Å². The summed E-state index contributed by atoms with van der Waals surface area (Å²) < 4.78 is 7.36. The Morgan fingerprint density at radius 1 is 1.14 bits per heavy atom. The molecule has 0 radical (unpaired) electrons. The van der Waals surface area contributed by atoms with E-state index in [-0.39, 0.29) is 30.1 Å². The lowest BCUT2D eigenvalue weighted by Gasteiger charge is -2.54. The van der Waals surface area contributed by atoms with Crippen LogP contribution in [-0.2, 0) is 22.1 Å². The monoisotopic (exact) mass is 381 g/mol. The van der Waals surface area contributed by atoms with E-state index >= 15 is 0 Å². The third-order valence-electron chi connectivity index (χ3n) is 5.97. The van der Waals surface area contributed by atoms with Gasteiger partial charge >= 0.3 is 0 Å². The van der Waals surface area contributed by atoms with Crippen LogP contribution in [0.3, 0.4) is 0 Å². The first-order valence-electron chi connectivity index (χ1n) is 9.33. The highest BCUT2D eigenvalue weighted by atomic mass is 16.5. The van der Waals surface area contributed by atoms with E-state index in [9.17, 15) is 14.4 Å². The lowest BCUT2D eigenvalue weighted by atomic mass is 9.76. The fourth-order valence-corrected chi connectivity index (χ4v) is 4.27. The third-order valence-corrected chi connectivity index (χ3v) is 5.97. The van der Waals surface area contributed by atoms with Gasteiger partial charge in [-0.2, -0.15) is 0 Å². The molecule has 1 aromatic carbocycles. The number of aryl methyl sites for hydroxylation is 1. The van der Waals surface area contributed by atoms with Crippen molar-refractivity contribution in [1.29, 1.82) is 0 Å². The van der Waals surface area contributed by atoms with Crippen LogP contribution in [0.15, 0.2) is 53.5 Å². The molecular weight excluding hydrogens is 358 g/mol. The number of aromatic nitrogens is 1. The van der Waals surface area contributed by atoms with Crippen LogP contribution >= 0.6 is 0 Å². The first kappa shape index (κ1) is 18.4. The zero-order valence-corrected chi connectivity index (χ0v) is 16.0. The summed E-state index contributed by atoms with van der Waals surface area (Å²) in [6.07, 6.45) is 1.83. The minimum Gasteiger partial charge on any atom is -0.364 e. The standard InChI is InChI=1S/C21H23N3O4/c1-22-10-8-15(12-18(22)25)20(27)24-11-9-21(16-6-4-3-5-7-16)17(13-24)28-14-19(26)23(21)2/h3-8,10,12,17H,9,11,13-14H2,1-2H3/t17-,21+/m1/s1. The molecule has 0 bridgehead atoms. The van der Waals surface area contributed by atoms with E-state index in [4.69, 9.17) is 4.74 Å². The van der Waals surface area contributed by atoms with Gasteiger partial charge in [-0.1, -0.05) is 30.3 Å². The Morgan fingerprint density at radius 2 is 1.89 bits per heavy atom. The van der Waals surface area contributed by atoms with Gasteiger partial charge in [-0.25, -0.2) is 0 Å². The van der Waals surface area contributed by atoms with E-state index in [0.717, 1.165) is 5.56 Å². The normalized spacial score (nSPS) is 24.8. The second kappa shape index (κ2) is 6.91. The summed E-state index contributed by atoms with van der Waals surface area (Å²) in [5.41, 5.74) is 0.563. The molecule has 7 heteroatoms. The van der Waals surface area contributed by atoms with Crippen LogP contribution in [0.2, 0.25) is 0 Å². The summed E-state index contributed by atoms with van der Waals surface area (Å²) in [6, 6.07) is 12.9. The van der Waals surface area contributed by atoms with Crippen molar-refractivity contribution >= 4 is 11.8 Å². The molecule has 2 aliphatic rings. The molecule has 146 valence electrons. The van der Waals surface area contributed by atoms with Crippen molar-refractivity contribution in [2.75, 3.05) is 26.7 Å². The molecule has 0 unspecified atom stereocenters. The molecule has 2 fully saturated rings. The number of fused-ring (bicyclic) bond motifs is 1. The summed E-state index contributed by atoms with van der Waals surface area (Å²) in [6.45, 7) is 0.838. The maximum absolute atomic E-state index is 13.0. The Balaban J connectivity index is 1.65. The molecule has 2 aliphatic heterocycles. The maximum Gasteiger partial charge on any atom is 0.254 e. The molecule has 2 saturated heterocycles. The quantitative estimate of drug-likeness (QED) is 0.778. The summed E-state index contributed by atoms with van der Waals surface area (Å²) in [7, 11) is 3.46. The number of benzene rings is 1. The lowest BCUT2D eigenvalue weighted by Crippen LogP contribution is -2.67. The number of nitrogens with zero attached hydrogens (tertiary/aromatic N) is 3. The van der Waals surface area contributed by atoms with E-state index in [2.05, 4.69) is 0 Å². The molecule has 7 nitrogen and oxygen atoms in total. The fraction of sp³-hybridized carbons (Fsp3) is 0.381. The van der Waals surface area contributed by atoms with Gasteiger partial charge in [0.1, 0.15) is 12.7 Å². The molecule has 0 spiro atoms. The molecule has 0 saturated carbocycles. The minimum absolute atomic E-state index is 0.00363. The highest BCUT2D eigenvalue weighted by Crippen LogP contribution is 2.42. The van der Waals surface area contributed by atoms with Crippen LogP contribution in [0.1, 0.15) is 22.3 Å². The zero-order chi connectivity index (χ0) is 19.9. The predicted octanol–water partition coefficient (Wildman–Crippen LogP) is 0.984. The van der Waals surface area contributed by atoms with E-state index < -0.39 is 5.54 Å². The van der Waals surface area contributed by atoms with Crippen molar-refractivity contribution in [2.24, 2.45) is 7.05 Å². The Hall–Kier alpha value is -2.93. The smallest absolute Gasteiger partial charge is 0.254 e. The van der Waals surface area contributed by atoms with Crippen LogP contribution in [0.4, 0.5) is 0 Å². The second-order valence-electron chi connectivity index (χ2n) is 7.41. The number of piperidine rings is 1. The average Bonchev–Trinajstić information content (AvgIpc) is 2.72. The van der Waals surface area contributed by atoms with Crippen molar-refractivity contribution in [1.82, 2.24) is 14.4 Å². The number of likely N-dealkylation sites (tertiary alicyclic amines) is 1. The molecule has 3 heterocycles. The Bertz CT molecular complexity index is 971. The van der Waals surface area contributed by atoms with Gasteiger partial charge in [0.2, 0.25) is 5.91 Å². The molecule has 2 amide bonds. The summed E-state index contributed by atoms with van der Waals surface area (Å²) in [5.74, 6) is -0.256. The van der Waals surface area contributed by atoms with Crippen LogP contribution in [0, 0.1) is 0 Å². The number of carbonyl (C=O) groups excluding carboxylic acids is 2. The largest absolute Gasteiger partial charge is 0.364 e. The van der Waals surface area contributed by atoms with Crippen molar-refractivity contribution in [3.05, 3.63) is 70.1 Å². The van der Waals surface area contributed by atoms with Gasteiger partial charge < -0.3 is 19.1 Å². The number of morpholine rings is 1. The average molecular weight is 381 g/mol. The predicted molar refractivity (Wildman–Crippen MR) is 103 cm³/mol. The highest BCUT2D eigenvalue weighted by molar-refractivity contribution is 5.94. The highest BCUT2D eigenvalue weighted by Gasteiger charge is 2.53. The summed E-state index contributed by atoms with van der Waals surface area (Å²) in [4.78, 5) is 40.8. The van der Waals surface area contributed by atoms with Crippen molar-refractivity contribution in [3.63, 3.8) is 0 Å². The van der Waals surface area contributed by atoms with E-state index in [1.165, 1.54) is 10.6 Å². The number of ether oxygens (including phenoxy) is 1. The number of pyridine rings is 1. The fourth-order valence-electron chi connectivity index (χ4n) is 4.27. The first-order valence-corrected chi connectivity index (χ1v) is 9.33. The number of hydrogen-bond acceptors (Lipinski definition) is 4. The lowest BCUT2D eigenvalue weighted by molar-refractivity contribution is -0.180. The van der Waals surface area contributed by atoms with Gasteiger partial charge in [0.25, 0.3) is 11.5 Å². The van der Waals surface area contributed by atoms with Gasteiger partial charge in [0.15, 0.2) is 0 Å². The number of rotatable bonds is 2.